The number of hydrogen-bond acceptors (Lipinski definition) is 6. The molecule has 0 bridgehead atoms. The number of aryl methyl sites for hydroxylation is 2. The minimum atomic E-state index is -0.339. The van der Waals surface area contributed by atoms with Gasteiger partial charge in [-0.05, 0) is 61.6 Å². The summed E-state index contributed by atoms with van der Waals surface area (Å²) in [5.41, 5.74) is 3.57. The van der Waals surface area contributed by atoms with E-state index >= 15 is 0 Å². The third-order valence-electron chi connectivity index (χ3n) is 5.98. The SMILES string of the molecule is CCc1cccc(C)c1NC(=O)CSc1nnc(C(NC(=O)c2ccc(OC)cc2)C(C)C)n1CC. The summed E-state index contributed by atoms with van der Waals surface area (Å²) < 4.78 is 7.14. The summed E-state index contributed by atoms with van der Waals surface area (Å²) in [4.78, 5) is 25.7. The van der Waals surface area contributed by atoms with E-state index in [9.17, 15) is 9.59 Å². The number of amides is 2. The van der Waals surface area contributed by atoms with E-state index in [-0.39, 0.29) is 29.5 Å². The molecule has 1 heterocycles. The molecule has 3 rings (SSSR count). The molecule has 0 fully saturated rings. The zero-order valence-corrected chi connectivity index (χ0v) is 22.6. The third kappa shape index (κ3) is 6.46. The molecule has 0 saturated heterocycles. The molecular formula is C27H35N5O3S. The topological polar surface area (TPSA) is 98.1 Å². The molecule has 1 unspecified atom stereocenters. The highest BCUT2D eigenvalue weighted by atomic mass is 32.2. The molecule has 36 heavy (non-hydrogen) atoms. The van der Waals surface area contributed by atoms with E-state index in [0.717, 1.165) is 23.2 Å². The van der Waals surface area contributed by atoms with Crippen LogP contribution in [0, 0.1) is 12.8 Å². The van der Waals surface area contributed by atoms with Crippen molar-refractivity contribution in [1.82, 2.24) is 20.1 Å². The number of anilines is 1. The normalized spacial score (nSPS) is 11.9. The fraction of sp³-hybridized carbons (Fsp3) is 0.407. The molecular weight excluding hydrogens is 474 g/mol. The van der Waals surface area contributed by atoms with E-state index in [2.05, 4.69) is 27.8 Å². The summed E-state index contributed by atoms with van der Waals surface area (Å²) in [6.45, 7) is 10.7. The first kappa shape index (κ1) is 27.3. The predicted octanol–water partition coefficient (Wildman–Crippen LogP) is 5.04. The Bertz CT molecular complexity index is 1190. The number of carbonyl (C=O) groups is 2. The van der Waals surface area contributed by atoms with Gasteiger partial charge in [-0.15, -0.1) is 10.2 Å². The van der Waals surface area contributed by atoms with Gasteiger partial charge in [-0.3, -0.25) is 9.59 Å². The van der Waals surface area contributed by atoms with E-state index in [1.165, 1.54) is 11.8 Å². The molecule has 0 aliphatic rings. The lowest BCUT2D eigenvalue weighted by molar-refractivity contribution is -0.113. The van der Waals surface area contributed by atoms with Crippen molar-refractivity contribution < 1.29 is 14.3 Å². The molecule has 3 aromatic rings. The molecule has 192 valence electrons. The van der Waals surface area contributed by atoms with Crippen molar-refractivity contribution >= 4 is 29.3 Å². The Morgan fingerprint density at radius 3 is 2.42 bits per heavy atom. The van der Waals surface area contributed by atoms with Gasteiger partial charge in [0.05, 0.1) is 18.9 Å². The molecule has 0 radical (unpaired) electrons. The van der Waals surface area contributed by atoms with E-state index in [0.29, 0.717) is 28.8 Å². The number of nitrogens with zero attached hydrogens (tertiary/aromatic N) is 3. The molecule has 0 aliphatic carbocycles. The average Bonchev–Trinajstić information content (AvgIpc) is 3.29. The van der Waals surface area contributed by atoms with Crippen LogP contribution in [0.2, 0.25) is 0 Å². The van der Waals surface area contributed by atoms with Crippen LogP contribution in [0.4, 0.5) is 5.69 Å². The van der Waals surface area contributed by atoms with Crippen LogP contribution in [0.15, 0.2) is 47.6 Å². The highest BCUT2D eigenvalue weighted by molar-refractivity contribution is 7.99. The Hall–Kier alpha value is -3.33. The second-order valence-corrected chi connectivity index (χ2v) is 9.75. The van der Waals surface area contributed by atoms with Gasteiger partial charge in [0.2, 0.25) is 5.91 Å². The maximum atomic E-state index is 12.9. The Labute approximate surface area is 217 Å². The van der Waals surface area contributed by atoms with E-state index < -0.39 is 0 Å². The van der Waals surface area contributed by atoms with Crippen molar-refractivity contribution in [2.75, 3.05) is 18.2 Å². The zero-order chi connectivity index (χ0) is 26.2. The number of aromatic nitrogens is 3. The molecule has 0 aliphatic heterocycles. The largest absolute Gasteiger partial charge is 0.497 e. The van der Waals surface area contributed by atoms with Crippen molar-refractivity contribution in [1.29, 1.82) is 0 Å². The fourth-order valence-corrected chi connectivity index (χ4v) is 4.75. The van der Waals surface area contributed by atoms with Gasteiger partial charge in [-0.2, -0.15) is 0 Å². The first-order valence-electron chi connectivity index (χ1n) is 12.2. The number of hydrogen-bond donors (Lipinski definition) is 2. The van der Waals surface area contributed by atoms with E-state index in [4.69, 9.17) is 4.74 Å². The van der Waals surface area contributed by atoms with Gasteiger partial charge in [-0.25, -0.2) is 0 Å². The lowest BCUT2D eigenvalue weighted by Crippen LogP contribution is -2.33. The Balaban J connectivity index is 1.72. The van der Waals surface area contributed by atoms with Gasteiger partial charge >= 0.3 is 0 Å². The minimum absolute atomic E-state index is 0.0800. The monoisotopic (exact) mass is 509 g/mol. The van der Waals surface area contributed by atoms with Gasteiger partial charge in [0, 0.05) is 17.8 Å². The molecule has 2 aromatic carbocycles. The molecule has 1 atom stereocenters. The molecule has 0 spiro atoms. The fourth-order valence-electron chi connectivity index (χ4n) is 3.94. The highest BCUT2D eigenvalue weighted by Crippen LogP contribution is 2.27. The second-order valence-electron chi connectivity index (χ2n) is 8.81. The van der Waals surface area contributed by atoms with Crippen LogP contribution in [0.1, 0.15) is 61.0 Å². The van der Waals surface area contributed by atoms with Crippen LogP contribution < -0.4 is 15.4 Å². The summed E-state index contributed by atoms with van der Waals surface area (Å²) in [5, 5.41) is 15.6. The number of methoxy groups -OCH3 is 1. The highest BCUT2D eigenvalue weighted by Gasteiger charge is 2.26. The third-order valence-corrected chi connectivity index (χ3v) is 6.95. The van der Waals surface area contributed by atoms with E-state index in [1.54, 1.807) is 31.4 Å². The van der Waals surface area contributed by atoms with Crippen molar-refractivity contribution in [3.63, 3.8) is 0 Å². The minimum Gasteiger partial charge on any atom is -0.497 e. The average molecular weight is 510 g/mol. The van der Waals surface area contributed by atoms with Gasteiger partial charge in [0.25, 0.3) is 5.91 Å². The number of nitrogens with one attached hydrogen (secondary N) is 2. The second kappa shape index (κ2) is 12.6. The van der Waals surface area contributed by atoms with Crippen LogP contribution >= 0.6 is 11.8 Å². The smallest absolute Gasteiger partial charge is 0.251 e. The Morgan fingerprint density at radius 1 is 1.08 bits per heavy atom. The molecule has 8 nitrogen and oxygen atoms in total. The zero-order valence-electron chi connectivity index (χ0n) is 21.8. The standard InChI is InChI=1S/C27H35N5O3S/c1-7-19-11-9-10-18(5)24(19)28-22(33)16-36-27-31-30-25(32(27)8-2)23(17(3)4)29-26(34)20-12-14-21(35-6)15-13-20/h9-15,17,23H,7-8,16H2,1-6H3,(H,28,33)(H,29,34). The summed E-state index contributed by atoms with van der Waals surface area (Å²) in [5.74, 6) is 1.36. The molecule has 9 heteroatoms. The number of para-hydroxylation sites is 1. The van der Waals surface area contributed by atoms with Crippen molar-refractivity contribution in [3.05, 3.63) is 65.0 Å². The predicted molar refractivity (Wildman–Crippen MR) is 144 cm³/mol. The van der Waals surface area contributed by atoms with Gasteiger partial charge in [-0.1, -0.05) is 50.7 Å². The summed E-state index contributed by atoms with van der Waals surface area (Å²) in [6, 6.07) is 12.7. The van der Waals surface area contributed by atoms with E-state index in [1.807, 2.05) is 50.5 Å². The molecule has 2 N–H and O–H groups in total. The van der Waals surface area contributed by atoms with Crippen LogP contribution in [0.25, 0.3) is 0 Å². The Morgan fingerprint density at radius 2 is 1.81 bits per heavy atom. The van der Waals surface area contributed by atoms with Crippen LogP contribution in [0.5, 0.6) is 5.75 Å². The maximum absolute atomic E-state index is 12.9. The van der Waals surface area contributed by atoms with Gasteiger partial charge in [0.15, 0.2) is 11.0 Å². The number of rotatable bonds is 11. The van der Waals surface area contributed by atoms with Crippen LogP contribution in [0.3, 0.4) is 0 Å². The van der Waals surface area contributed by atoms with Gasteiger partial charge < -0.3 is 19.9 Å². The Kier molecular flexibility index (Phi) is 9.52. The number of carbonyl (C=O) groups excluding carboxylic acids is 2. The van der Waals surface area contributed by atoms with Crippen LogP contribution in [-0.4, -0.2) is 39.4 Å². The first-order valence-corrected chi connectivity index (χ1v) is 13.2. The summed E-state index contributed by atoms with van der Waals surface area (Å²) >= 11 is 1.34. The number of thioether (sulfide) groups is 1. The quantitative estimate of drug-likeness (QED) is 0.352. The van der Waals surface area contributed by atoms with Crippen molar-refractivity contribution in [3.8, 4) is 5.75 Å². The van der Waals surface area contributed by atoms with Crippen molar-refractivity contribution in [2.45, 2.75) is 58.8 Å². The van der Waals surface area contributed by atoms with Crippen LogP contribution in [-0.2, 0) is 17.8 Å². The molecule has 2 amide bonds. The number of ether oxygens (including phenoxy) is 1. The summed E-state index contributed by atoms with van der Waals surface area (Å²) in [6.07, 6.45) is 0.844. The molecule has 1 aromatic heterocycles. The first-order chi connectivity index (χ1) is 17.3. The van der Waals surface area contributed by atoms with Crippen molar-refractivity contribution in [2.24, 2.45) is 5.92 Å². The number of benzene rings is 2. The molecule has 0 saturated carbocycles. The summed E-state index contributed by atoms with van der Waals surface area (Å²) in [7, 11) is 1.59. The van der Waals surface area contributed by atoms with Gasteiger partial charge in [0.1, 0.15) is 5.75 Å². The maximum Gasteiger partial charge on any atom is 0.251 e. The lowest BCUT2D eigenvalue weighted by atomic mass is 10.0. The lowest BCUT2D eigenvalue weighted by Gasteiger charge is -2.22.